The minimum absolute atomic E-state index is 0.309. The summed E-state index contributed by atoms with van der Waals surface area (Å²) in [5, 5.41) is 12.2. The minimum Gasteiger partial charge on any atom is -0.396 e. The zero-order chi connectivity index (χ0) is 10.3. The van der Waals surface area contributed by atoms with Crippen LogP contribution in [-0.2, 0) is 0 Å². The molecule has 0 fully saturated rings. The minimum atomic E-state index is 0.309. The molecule has 2 heteroatoms. The number of rotatable bonds is 7. The Balaban J connectivity index is 3.57. The molecule has 2 nitrogen and oxygen atoms in total. The van der Waals surface area contributed by atoms with Crippen LogP contribution in [0, 0.1) is 5.92 Å². The second kappa shape index (κ2) is 7.34. The van der Waals surface area contributed by atoms with Gasteiger partial charge in [0, 0.05) is 18.7 Å². The van der Waals surface area contributed by atoms with Gasteiger partial charge >= 0.3 is 0 Å². The fourth-order valence-corrected chi connectivity index (χ4v) is 1.45. The lowest BCUT2D eigenvalue weighted by molar-refractivity contribution is 0.268. The first-order valence-corrected chi connectivity index (χ1v) is 5.48. The van der Waals surface area contributed by atoms with E-state index >= 15 is 0 Å². The summed E-state index contributed by atoms with van der Waals surface area (Å²) in [5.41, 5.74) is 0. The first kappa shape index (κ1) is 12.9. The first-order chi connectivity index (χ1) is 6.11. The van der Waals surface area contributed by atoms with E-state index in [1.807, 2.05) is 0 Å². The van der Waals surface area contributed by atoms with Crippen molar-refractivity contribution >= 4 is 0 Å². The van der Waals surface area contributed by atoms with Crippen molar-refractivity contribution in [2.24, 2.45) is 5.92 Å². The highest BCUT2D eigenvalue weighted by Crippen LogP contribution is 2.08. The van der Waals surface area contributed by atoms with E-state index in [0.29, 0.717) is 18.7 Å². The Morgan fingerprint density at radius 3 is 2.31 bits per heavy atom. The zero-order valence-electron chi connectivity index (χ0n) is 9.51. The topological polar surface area (TPSA) is 32.3 Å². The Morgan fingerprint density at radius 1 is 1.23 bits per heavy atom. The molecule has 2 N–H and O–H groups in total. The van der Waals surface area contributed by atoms with Crippen LogP contribution in [0.1, 0.15) is 47.0 Å². The lowest BCUT2D eigenvalue weighted by Gasteiger charge is -2.24. The second-order valence-electron chi connectivity index (χ2n) is 4.11. The van der Waals surface area contributed by atoms with Crippen LogP contribution in [0.4, 0.5) is 0 Å². The highest BCUT2D eigenvalue weighted by atomic mass is 16.2. The predicted molar refractivity (Wildman–Crippen MR) is 57.8 cm³/mol. The number of aliphatic hydroxyl groups excluding tert-OH is 1. The van der Waals surface area contributed by atoms with Gasteiger partial charge in [-0.05, 0) is 32.6 Å². The largest absolute Gasteiger partial charge is 0.396 e. The molecule has 0 aromatic carbocycles. The number of nitrogens with one attached hydrogen (secondary N) is 1. The van der Waals surface area contributed by atoms with Gasteiger partial charge in [-0.15, -0.1) is 0 Å². The van der Waals surface area contributed by atoms with Crippen LogP contribution in [0.25, 0.3) is 0 Å². The van der Waals surface area contributed by atoms with E-state index in [0.717, 1.165) is 18.8 Å². The average molecular weight is 187 g/mol. The molecule has 3 atom stereocenters. The van der Waals surface area contributed by atoms with Crippen LogP contribution in [0.15, 0.2) is 0 Å². The van der Waals surface area contributed by atoms with Crippen molar-refractivity contribution in [3.05, 3.63) is 0 Å². The van der Waals surface area contributed by atoms with Gasteiger partial charge < -0.3 is 10.4 Å². The van der Waals surface area contributed by atoms with E-state index in [1.54, 1.807) is 0 Å². The molecule has 0 bridgehead atoms. The molecule has 0 radical (unpaired) electrons. The average Bonchev–Trinajstić information content (AvgIpc) is 2.13. The summed E-state index contributed by atoms with van der Waals surface area (Å²) in [7, 11) is 0. The third kappa shape index (κ3) is 6.05. The molecule has 0 amide bonds. The van der Waals surface area contributed by atoms with Gasteiger partial charge in [0.05, 0.1) is 0 Å². The van der Waals surface area contributed by atoms with Gasteiger partial charge in [-0.3, -0.25) is 0 Å². The molecule has 0 saturated carbocycles. The highest BCUT2D eigenvalue weighted by molar-refractivity contribution is 4.71. The lowest BCUT2D eigenvalue weighted by atomic mass is 9.99. The van der Waals surface area contributed by atoms with E-state index in [2.05, 4.69) is 33.0 Å². The summed E-state index contributed by atoms with van der Waals surface area (Å²) in [4.78, 5) is 0. The van der Waals surface area contributed by atoms with E-state index < -0.39 is 0 Å². The molecule has 0 heterocycles. The maximum atomic E-state index is 8.68. The number of hydrogen-bond donors (Lipinski definition) is 2. The SMILES string of the molecule is CC[C@@H](C)[C@H](C)N[C@@H](C)CCCO. The molecule has 0 aliphatic heterocycles. The molecule has 0 saturated heterocycles. The first-order valence-electron chi connectivity index (χ1n) is 5.48. The van der Waals surface area contributed by atoms with E-state index in [-0.39, 0.29) is 0 Å². The lowest BCUT2D eigenvalue weighted by Crippen LogP contribution is -2.38. The maximum Gasteiger partial charge on any atom is 0.0431 e. The second-order valence-corrected chi connectivity index (χ2v) is 4.11. The van der Waals surface area contributed by atoms with Crippen molar-refractivity contribution < 1.29 is 5.11 Å². The summed E-state index contributed by atoms with van der Waals surface area (Å²) in [6, 6.07) is 1.11. The molecular weight excluding hydrogens is 162 g/mol. The van der Waals surface area contributed by atoms with Crippen LogP contribution >= 0.6 is 0 Å². The molecule has 0 aliphatic carbocycles. The maximum absolute atomic E-state index is 8.68. The fourth-order valence-electron chi connectivity index (χ4n) is 1.45. The number of aliphatic hydroxyl groups is 1. The van der Waals surface area contributed by atoms with Gasteiger partial charge in [0.25, 0.3) is 0 Å². The summed E-state index contributed by atoms with van der Waals surface area (Å²) in [6.07, 6.45) is 3.19. The summed E-state index contributed by atoms with van der Waals surface area (Å²) in [5.74, 6) is 0.733. The van der Waals surface area contributed by atoms with Gasteiger partial charge in [-0.25, -0.2) is 0 Å². The van der Waals surface area contributed by atoms with Crippen molar-refractivity contribution in [2.75, 3.05) is 6.61 Å². The molecule has 0 rings (SSSR count). The van der Waals surface area contributed by atoms with Crippen LogP contribution in [0.5, 0.6) is 0 Å². The van der Waals surface area contributed by atoms with Crippen molar-refractivity contribution in [1.82, 2.24) is 5.32 Å². The Morgan fingerprint density at radius 2 is 1.85 bits per heavy atom. The third-order valence-electron chi connectivity index (χ3n) is 2.84. The summed E-state index contributed by atoms with van der Waals surface area (Å²) in [6.45, 7) is 9.24. The summed E-state index contributed by atoms with van der Waals surface area (Å²) >= 11 is 0. The standard InChI is InChI=1S/C11H25NO/c1-5-9(2)11(4)12-10(3)7-6-8-13/h9-13H,5-8H2,1-4H3/t9-,10+,11+/m1/s1. The predicted octanol–water partition coefficient (Wildman–Crippen LogP) is 2.17. The van der Waals surface area contributed by atoms with E-state index in [9.17, 15) is 0 Å². The third-order valence-corrected chi connectivity index (χ3v) is 2.84. The van der Waals surface area contributed by atoms with Crippen LogP contribution < -0.4 is 5.32 Å². The van der Waals surface area contributed by atoms with Crippen molar-refractivity contribution in [3.63, 3.8) is 0 Å². The molecule has 0 aromatic heterocycles. The smallest absolute Gasteiger partial charge is 0.0431 e. The van der Waals surface area contributed by atoms with Gasteiger partial charge in [0.2, 0.25) is 0 Å². The van der Waals surface area contributed by atoms with E-state index in [4.69, 9.17) is 5.11 Å². The monoisotopic (exact) mass is 187 g/mol. The molecule has 80 valence electrons. The Hall–Kier alpha value is -0.0800. The van der Waals surface area contributed by atoms with Crippen LogP contribution in [0.3, 0.4) is 0 Å². The normalized spacial score (nSPS) is 18.2. The molecule has 0 aromatic rings. The van der Waals surface area contributed by atoms with Crippen molar-refractivity contribution in [3.8, 4) is 0 Å². The summed E-state index contributed by atoms with van der Waals surface area (Å²) < 4.78 is 0. The Kier molecular flexibility index (Phi) is 7.29. The van der Waals surface area contributed by atoms with Gasteiger partial charge in [0.15, 0.2) is 0 Å². The molecule has 13 heavy (non-hydrogen) atoms. The number of hydrogen-bond acceptors (Lipinski definition) is 2. The molecule has 0 spiro atoms. The van der Waals surface area contributed by atoms with Gasteiger partial charge in [-0.1, -0.05) is 20.3 Å². The Bertz CT molecular complexity index is 117. The molecule has 0 unspecified atom stereocenters. The van der Waals surface area contributed by atoms with Crippen LogP contribution in [0.2, 0.25) is 0 Å². The van der Waals surface area contributed by atoms with E-state index in [1.165, 1.54) is 6.42 Å². The molecule has 0 aliphatic rings. The van der Waals surface area contributed by atoms with Gasteiger partial charge in [0.1, 0.15) is 0 Å². The Labute approximate surface area is 82.7 Å². The zero-order valence-corrected chi connectivity index (χ0v) is 9.51. The van der Waals surface area contributed by atoms with Gasteiger partial charge in [-0.2, -0.15) is 0 Å². The van der Waals surface area contributed by atoms with Crippen LogP contribution in [-0.4, -0.2) is 23.8 Å². The highest BCUT2D eigenvalue weighted by Gasteiger charge is 2.12. The molecular formula is C11H25NO. The van der Waals surface area contributed by atoms with Crippen molar-refractivity contribution in [2.45, 2.75) is 59.0 Å². The fraction of sp³-hybridized carbons (Fsp3) is 1.00. The quantitative estimate of drug-likeness (QED) is 0.640. The van der Waals surface area contributed by atoms with Crippen molar-refractivity contribution in [1.29, 1.82) is 0 Å².